The second-order valence-corrected chi connectivity index (χ2v) is 8.37. The zero-order chi connectivity index (χ0) is 19.4. The SMILES string of the molecule is COc1cccc(C[NH+]2CCN(S(=O)(=O)c3cccc([N+](=O)[O-])c3)CC2)c1. The van der Waals surface area contributed by atoms with Crippen molar-refractivity contribution < 1.29 is 23.0 Å². The number of non-ortho nitro benzene ring substituents is 1. The standard InChI is InChI=1S/C18H21N3O5S/c1-26-17-6-2-4-15(12-17)14-19-8-10-20(11-9-19)27(24,25)18-7-3-5-16(13-18)21(22)23/h2-7,12-13H,8-11,14H2,1H3/p+1. The van der Waals surface area contributed by atoms with Gasteiger partial charge in [0.25, 0.3) is 5.69 Å². The van der Waals surface area contributed by atoms with Crippen molar-refractivity contribution in [1.82, 2.24) is 4.31 Å². The van der Waals surface area contributed by atoms with E-state index >= 15 is 0 Å². The van der Waals surface area contributed by atoms with E-state index in [0.29, 0.717) is 26.2 Å². The Morgan fingerprint density at radius 3 is 2.52 bits per heavy atom. The smallest absolute Gasteiger partial charge is 0.270 e. The summed E-state index contributed by atoms with van der Waals surface area (Å²) in [5.41, 5.74) is 0.915. The summed E-state index contributed by atoms with van der Waals surface area (Å²) in [6, 6.07) is 13.0. The second kappa shape index (κ2) is 8.03. The summed E-state index contributed by atoms with van der Waals surface area (Å²) < 4.78 is 32.2. The minimum absolute atomic E-state index is 0.0343. The summed E-state index contributed by atoms with van der Waals surface area (Å²) in [5.74, 6) is 0.804. The molecular formula is C18H22N3O5S+. The normalized spacial score (nSPS) is 16.2. The van der Waals surface area contributed by atoms with Crippen LogP contribution in [0.25, 0.3) is 0 Å². The number of nitro groups is 1. The number of piperazine rings is 1. The van der Waals surface area contributed by atoms with Crippen LogP contribution in [0.2, 0.25) is 0 Å². The highest BCUT2D eigenvalue weighted by atomic mass is 32.2. The van der Waals surface area contributed by atoms with E-state index in [1.807, 2.05) is 24.3 Å². The van der Waals surface area contributed by atoms with Gasteiger partial charge in [-0.05, 0) is 18.2 Å². The molecule has 1 aliphatic rings. The topological polar surface area (TPSA) is 94.2 Å². The molecule has 9 heteroatoms. The van der Waals surface area contributed by atoms with Crippen molar-refractivity contribution in [2.24, 2.45) is 0 Å². The highest BCUT2D eigenvalue weighted by Gasteiger charge is 2.31. The highest BCUT2D eigenvalue weighted by molar-refractivity contribution is 7.89. The lowest BCUT2D eigenvalue weighted by Crippen LogP contribution is -3.13. The fraction of sp³-hybridized carbons (Fsp3) is 0.333. The van der Waals surface area contributed by atoms with Crippen LogP contribution < -0.4 is 9.64 Å². The third-order valence-corrected chi connectivity index (χ3v) is 6.58. The predicted molar refractivity (Wildman–Crippen MR) is 99.2 cm³/mol. The molecule has 0 radical (unpaired) electrons. The monoisotopic (exact) mass is 392 g/mol. The van der Waals surface area contributed by atoms with Crippen LogP contribution in [0.3, 0.4) is 0 Å². The fourth-order valence-electron chi connectivity index (χ4n) is 3.20. The largest absolute Gasteiger partial charge is 0.497 e. The molecule has 2 aromatic rings. The number of hydrogen-bond acceptors (Lipinski definition) is 5. The van der Waals surface area contributed by atoms with Gasteiger partial charge in [0.15, 0.2) is 0 Å². The zero-order valence-corrected chi connectivity index (χ0v) is 15.8. The third kappa shape index (κ3) is 4.44. The van der Waals surface area contributed by atoms with Crippen molar-refractivity contribution in [3.05, 3.63) is 64.2 Å². The Labute approximate surface area is 158 Å². The molecule has 1 fully saturated rings. The van der Waals surface area contributed by atoms with Crippen LogP contribution in [0.4, 0.5) is 5.69 Å². The van der Waals surface area contributed by atoms with Crippen molar-refractivity contribution in [2.45, 2.75) is 11.4 Å². The van der Waals surface area contributed by atoms with Crippen LogP contribution in [0.5, 0.6) is 5.75 Å². The molecule has 27 heavy (non-hydrogen) atoms. The highest BCUT2D eigenvalue weighted by Crippen LogP contribution is 2.21. The molecular weight excluding hydrogens is 370 g/mol. The van der Waals surface area contributed by atoms with Crippen LogP contribution in [0, 0.1) is 10.1 Å². The van der Waals surface area contributed by atoms with Gasteiger partial charge in [-0.2, -0.15) is 4.31 Å². The van der Waals surface area contributed by atoms with Crippen LogP contribution in [-0.4, -0.2) is 50.9 Å². The molecule has 0 spiro atoms. The quantitative estimate of drug-likeness (QED) is 0.577. The molecule has 1 heterocycles. The molecule has 3 rings (SSSR count). The number of hydrogen-bond donors (Lipinski definition) is 1. The number of rotatable bonds is 6. The minimum atomic E-state index is -3.73. The molecule has 144 valence electrons. The van der Waals surface area contributed by atoms with Crippen molar-refractivity contribution >= 4 is 15.7 Å². The zero-order valence-electron chi connectivity index (χ0n) is 15.0. The van der Waals surface area contributed by atoms with Crippen LogP contribution in [-0.2, 0) is 16.6 Å². The van der Waals surface area contributed by atoms with Gasteiger partial charge in [0.05, 0.1) is 43.1 Å². The minimum Gasteiger partial charge on any atom is -0.497 e. The molecule has 0 saturated carbocycles. The summed E-state index contributed by atoms with van der Waals surface area (Å²) in [6.07, 6.45) is 0. The molecule has 0 amide bonds. The van der Waals surface area contributed by atoms with Gasteiger partial charge in [0.2, 0.25) is 10.0 Å². The van der Waals surface area contributed by atoms with E-state index in [1.54, 1.807) is 7.11 Å². The van der Waals surface area contributed by atoms with E-state index in [1.165, 1.54) is 27.4 Å². The Balaban J connectivity index is 1.66. The van der Waals surface area contributed by atoms with Crippen molar-refractivity contribution in [1.29, 1.82) is 0 Å². The van der Waals surface area contributed by atoms with Crippen LogP contribution in [0.1, 0.15) is 5.56 Å². The van der Waals surface area contributed by atoms with Crippen molar-refractivity contribution in [2.75, 3.05) is 33.3 Å². The van der Waals surface area contributed by atoms with Gasteiger partial charge in [0.1, 0.15) is 12.3 Å². The molecule has 8 nitrogen and oxygen atoms in total. The Bertz CT molecular complexity index is 924. The fourth-order valence-corrected chi connectivity index (χ4v) is 4.68. The van der Waals surface area contributed by atoms with E-state index in [-0.39, 0.29) is 10.6 Å². The summed E-state index contributed by atoms with van der Waals surface area (Å²) >= 11 is 0. The second-order valence-electron chi connectivity index (χ2n) is 6.44. The van der Waals surface area contributed by atoms with Gasteiger partial charge < -0.3 is 9.64 Å². The van der Waals surface area contributed by atoms with Crippen molar-refractivity contribution in [3.8, 4) is 5.75 Å². The number of benzene rings is 2. The average Bonchev–Trinajstić information content (AvgIpc) is 2.68. The third-order valence-electron chi connectivity index (χ3n) is 4.68. The molecule has 0 atom stereocenters. The summed E-state index contributed by atoms with van der Waals surface area (Å²) in [5, 5.41) is 10.9. The average molecular weight is 392 g/mol. The lowest BCUT2D eigenvalue weighted by molar-refractivity contribution is -0.917. The molecule has 0 unspecified atom stereocenters. The van der Waals surface area contributed by atoms with Gasteiger partial charge in [0, 0.05) is 17.7 Å². The Hall–Kier alpha value is -2.49. The summed E-state index contributed by atoms with van der Waals surface area (Å²) in [4.78, 5) is 11.6. The lowest BCUT2D eigenvalue weighted by atomic mass is 10.2. The summed E-state index contributed by atoms with van der Waals surface area (Å²) in [6.45, 7) is 2.90. The molecule has 1 aliphatic heterocycles. The first-order chi connectivity index (χ1) is 12.9. The molecule has 0 bridgehead atoms. The Morgan fingerprint density at radius 2 is 1.85 bits per heavy atom. The van der Waals surface area contributed by atoms with Gasteiger partial charge >= 0.3 is 0 Å². The molecule has 1 N–H and O–H groups in total. The molecule has 0 aromatic heterocycles. The Kier molecular flexibility index (Phi) is 5.73. The maximum absolute atomic E-state index is 12.8. The maximum Gasteiger partial charge on any atom is 0.270 e. The first-order valence-electron chi connectivity index (χ1n) is 8.61. The first kappa shape index (κ1) is 19.3. The molecule has 1 saturated heterocycles. The van der Waals surface area contributed by atoms with E-state index in [2.05, 4.69) is 0 Å². The number of methoxy groups -OCH3 is 1. The number of ether oxygens (including phenoxy) is 1. The van der Waals surface area contributed by atoms with Gasteiger partial charge in [-0.3, -0.25) is 10.1 Å². The van der Waals surface area contributed by atoms with Gasteiger partial charge in [-0.1, -0.05) is 18.2 Å². The molecule has 2 aromatic carbocycles. The number of nitrogens with one attached hydrogen (secondary N) is 1. The Morgan fingerprint density at radius 1 is 1.15 bits per heavy atom. The molecule has 0 aliphatic carbocycles. The lowest BCUT2D eigenvalue weighted by Gasteiger charge is -2.31. The first-order valence-corrected chi connectivity index (χ1v) is 10.1. The van der Waals surface area contributed by atoms with E-state index in [4.69, 9.17) is 4.74 Å². The van der Waals surface area contributed by atoms with Crippen LogP contribution in [0.15, 0.2) is 53.4 Å². The van der Waals surface area contributed by atoms with Gasteiger partial charge in [-0.15, -0.1) is 0 Å². The predicted octanol–water partition coefficient (Wildman–Crippen LogP) is 0.693. The van der Waals surface area contributed by atoms with Gasteiger partial charge in [-0.25, -0.2) is 8.42 Å². The van der Waals surface area contributed by atoms with Crippen LogP contribution >= 0.6 is 0 Å². The summed E-state index contributed by atoms with van der Waals surface area (Å²) in [7, 11) is -2.10. The maximum atomic E-state index is 12.8. The van der Waals surface area contributed by atoms with Crippen molar-refractivity contribution in [3.63, 3.8) is 0 Å². The van der Waals surface area contributed by atoms with E-state index in [0.717, 1.165) is 23.9 Å². The number of sulfonamides is 1. The van der Waals surface area contributed by atoms with E-state index in [9.17, 15) is 18.5 Å². The number of quaternary nitrogens is 1. The van der Waals surface area contributed by atoms with E-state index < -0.39 is 14.9 Å². The number of nitro benzene ring substituents is 1. The number of nitrogens with zero attached hydrogens (tertiary/aromatic N) is 2.